The summed E-state index contributed by atoms with van der Waals surface area (Å²) in [5.74, 6) is 0.0731. The van der Waals surface area contributed by atoms with E-state index in [4.69, 9.17) is 4.74 Å². The Morgan fingerprint density at radius 3 is 2.75 bits per heavy atom. The van der Waals surface area contributed by atoms with Crippen LogP contribution in [0.15, 0.2) is 30.3 Å². The molecule has 1 aromatic rings. The Balaban J connectivity index is 1.91. The fourth-order valence-corrected chi connectivity index (χ4v) is 3.03. The third-order valence-electron chi connectivity index (χ3n) is 3.77. The molecule has 1 saturated carbocycles. The normalized spacial score (nSPS) is 36.5. The molecule has 16 heavy (non-hydrogen) atoms. The lowest BCUT2D eigenvalue weighted by atomic mass is 9.64. The number of fused-ring (bicyclic) bond motifs is 1. The molecule has 0 radical (unpaired) electrons. The first-order chi connectivity index (χ1) is 7.79. The van der Waals surface area contributed by atoms with Gasteiger partial charge in [0.25, 0.3) is 0 Å². The number of benzene rings is 1. The van der Waals surface area contributed by atoms with Gasteiger partial charge in [-0.2, -0.15) is 0 Å². The maximum Gasteiger partial charge on any atom is 0.227 e. The molecule has 1 aliphatic heterocycles. The lowest BCUT2D eigenvalue weighted by Crippen LogP contribution is -2.55. The molecule has 0 bridgehead atoms. The van der Waals surface area contributed by atoms with Crippen LogP contribution < -0.4 is 0 Å². The van der Waals surface area contributed by atoms with E-state index >= 15 is 0 Å². The summed E-state index contributed by atoms with van der Waals surface area (Å²) in [5.41, 5.74) is 1.03. The second-order valence-corrected chi connectivity index (χ2v) is 4.50. The third-order valence-corrected chi connectivity index (χ3v) is 3.77. The van der Waals surface area contributed by atoms with Crippen molar-refractivity contribution in [2.45, 2.75) is 24.5 Å². The minimum Gasteiger partial charge on any atom is -0.377 e. The van der Waals surface area contributed by atoms with Gasteiger partial charge in [0.15, 0.2) is 0 Å². The van der Waals surface area contributed by atoms with Crippen LogP contribution in [0.5, 0.6) is 0 Å². The summed E-state index contributed by atoms with van der Waals surface area (Å²) in [5, 5.41) is 11.1. The summed E-state index contributed by atoms with van der Waals surface area (Å²) in [6, 6.07) is 9.24. The third kappa shape index (κ3) is 1.26. The Bertz CT molecular complexity index is 406. The average Bonchev–Trinajstić information content (AvgIpc) is 2.63. The molecule has 1 heterocycles. The first-order valence-electron chi connectivity index (χ1n) is 5.59. The quantitative estimate of drug-likeness (QED) is 0.563. The highest BCUT2D eigenvalue weighted by Crippen LogP contribution is 2.50. The highest BCUT2D eigenvalue weighted by molar-refractivity contribution is 5.28. The first-order valence-corrected chi connectivity index (χ1v) is 5.59. The van der Waals surface area contributed by atoms with E-state index < -0.39 is 6.04 Å². The Kier molecular flexibility index (Phi) is 2.17. The van der Waals surface area contributed by atoms with Gasteiger partial charge in [-0.1, -0.05) is 30.3 Å². The van der Waals surface area contributed by atoms with Gasteiger partial charge in [0.1, 0.15) is 0 Å². The van der Waals surface area contributed by atoms with E-state index in [0.717, 1.165) is 12.0 Å². The smallest absolute Gasteiger partial charge is 0.227 e. The standard InChI is InChI=1S/C12H13NO3/c14-13(15)11-9-6-7-16-12(9)10(11)8-4-2-1-3-5-8/h1-5,9-12H,6-7H2/t9-,10+,11-,12-/m1/s1. The van der Waals surface area contributed by atoms with Gasteiger partial charge in [-0.05, 0) is 12.0 Å². The van der Waals surface area contributed by atoms with E-state index in [0.29, 0.717) is 6.61 Å². The Labute approximate surface area is 93.4 Å². The first kappa shape index (κ1) is 9.78. The SMILES string of the molecule is O=[N+]([O-])[C@@H]1[C@H]2CCO[C@H]2[C@H]1c1ccccc1. The van der Waals surface area contributed by atoms with Crippen LogP contribution in [0.25, 0.3) is 0 Å². The van der Waals surface area contributed by atoms with Gasteiger partial charge in [0, 0.05) is 11.5 Å². The van der Waals surface area contributed by atoms with Gasteiger partial charge in [-0.15, -0.1) is 0 Å². The summed E-state index contributed by atoms with van der Waals surface area (Å²) >= 11 is 0. The van der Waals surface area contributed by atoms with Crippen LogP contribution in [0.4, 0.5) is 0 Å². The summed E-state index contributed by atoms with van der Waals surface area (Å²) in [6.45, 7) is 0.670. The van der Waals surface area contributed by atoms with Gasteiger partial charge < -0.3 is 4.74 Å². The molecule has 84 valence electrons. The van der Waals surface area contributed by atoms with Crippen LogP contribution in [0.3, 0.4) is 0 Å². The van der Waals surface area contributed by atoms with E-state index in [1.54, 1.807) is 0 Å². The van der Waals surface area contributed by atoms with Crippen LogP contribution in [-0.2, 0) is 4.74 Å². The highest BCUT2D eigenvalue weighted by Gasteiger charge is 2.61. The minimum absolute atomic E-state index is 0.0521. The van der Waals surface area contributed by atoms with Gasteiger partial charge >= 0.3 is 0 Å². The molecule has 0 spiro atoms. The van der Waals surface area contributed by atoms with E-state index in [9.17, 15) is 10.1 Å². The summed E-state index contributed by atoms with van der Waals surface area (Å²) < 4.78 is 5.59. The number of rotatable bonds is 2. The molecule has 4 atom stereocenters. The number of nitrogens with zero attached hydrogens (tertiary/aromatic N) is 1. The van der Waals surface area contributed by atoms with E-state index in [1.807, 2.05) is 30.3 Å². The molecule has 1 saturated heterocycles. The van der Waals surface area contributed by atoms with Gasteiger partial charge in [-0.25, -0.2) is 0 Å². The summed E-state index contributed by atoms with van der Waals surface area (Å²) in [6.07, 6.45) is 0.900. The minimum atomic E-state index is -0.449. The molecular weight excluding hydrogens is 206 g/mol. The van der Waals surface area contributed by atoms with Crippen molar-refractivity contribution in [1.82, 2.24) is 0 Å². The lowest BCUT2D eigenvalue weighted by Gasteiger charge is -2.41. The molecular formula is C12H13NO3. The predicted octanol–water partition coefficient (Wildman–Crippen LogP) is 1.83. The topological polar surface area (TPSA) is 52.4 Å². The Morgan fingerprint density at radius 1 is 1.31 bits per heavy atom. The lowest BCUT2D eigenvalue weighted by molar-refractivity contribution is -0.557. The van der Waals surface area contributed by atoms with Crippen LogP contribution >= 0.6 is 0 Å². The van der Waals surface area contributed by atoms with Crippen LogP contribution in [0.1, 0.15) is 17.9 Å². The second kappa shape index (κ2) is 3.56. The Hall–Kier alpha value is -1.42. The van der Waals surface area contributed by atoms with Crippen molar-refractivity contribution in [3.05, 3.63) is 46.0 Å². The van der Waals surface area contributed by atoms with Crippen molar-refractivity contribution in [2.24, 2.45) is 5.92 Å². The molecule has 3 rings (SSSR count). The van der Waals surface area contributed by atoms with Crippen molar-refractivity contribution >= 4 is 0 Å². The zero-order valence-electron chi connectivity index (χ0n) is 8.78. The molecule has 0 amide bonds. The molecule has 0 N–H and O–H groups in total. The van der Waals surface area contributed by atoms with Crippen molar-refractivity contribution in [2.75, 3.05) is 6.61 Å². The Morgan fingerprint density at radius 2 is 2.06 bits per heavy atom. The fourth-order valence-electron chi connectivity index (χ4n) is 3.03. The largest absolute Gasteiger partial charge is 0.377 e. The molecule has 4 nitrogen and oxygen atoms in total. The van der Waals surface area contributed by atoms with Crippen LogP contribution in [-0.4, -0.2) is 23.7 Å². The van der Waals surface area contributed by atoms with Crippen molar-refractivity contribution in [3.63, 3.8) is 0 Å². The van der Waals surface area contributed by atoms with Crippen molar-refractivity contribution < 1.29 is 9.66 Å². The van der Waals surface area contributed by atoms with E-state index in [-0.39, 0.29) is 22.9 Å². The summed E-state index contributed by atoms with van der Waals surface area (Å²) in [4.78, 5) is 10.9. The second-order valence-electron chi connectivity index (χ2n) is 4.50. The number of hydrogen-bond donors (Lipinski definition) is 0. The maximum atomic E-state index is 11.1. The maximum absolute atomic E-state index is 11.1. The predicted molar refractivity (Wildman–Crippen MR) is 57.8 cm³/mol. The van der Waals surface area contributed by atoms with Crippen LogP contribution in [0, 0.1) is 16.0 Å². The van der Waals surface area contributed by atoms with E-state index in [1.165, 1.54) is 0 Å². The molecule has 2 aliphatic rings. The average molecular weight is 219 g/mol. The molecule has 0 aromatic heterocycles. The van der Waals surface area contributed by atoms with E-state index in [2.05, 4.69) is 0 Å². The number of nitro groups is 1. The summed E-state index contributed by atoms with van der Waals surface area (Å²) in [7, 11) is 0. The van der Waals surface area contributed by atoms with Gasteiger partial charge in [0.05, 0.1) is 17.9 Å². The van der Waals surface area contributed by atoms with Gasteiger partial charge in [-0.3, -0.25) is 10.1 Å². The molecule has 4 heteroatoms. The van der Waals surface area contributed by atoms with Crippen LogP contribution in [0.2, 0.25) is 0 Å². The van der Waals surface area contributed by atoms with Gasteiger partial charge in [0.2, 0.25) is 6.04 Å². The van der Waals surface area contributed by atoms with Crippen molar-refractivity contribution in [1.29, 1.82) is 0 Å². The number of ether oxygens (including phenoxy) is 1. The molecule has 2 fully saturated rings. The number of hydrogen-bond acceptors (Lipinski definition) is 3. The zero-order chi connectivity index (χ0) is 11.1. The monoisotopic (exact) mass is 219 g/mol. The van der Waals surface area contributed by atoms with Crippen molar-refractivity contribution in [3.8, 4) is 0 Å². The highest BCUT2D eigenvalue weighted by atomic mass is 16.6. The molecule has 0 unspecified atom stereocenters. The fraction of sp³-hybridized carbons (Fsp3) is 0.500. The zero-order valence-corrected chi connectivity index (χ0v) is 8.78. The molecule has 1 aromatic carbocycles. The molecule has 1 aliphatic carbocycles.